The van der Waals surface area contributed by atoms with Gasteiger partial charge in [-0.05, 0) is 73.6 Å². The van der Waals surface area contributed by atoms with E-state index in [9.17, 15) is 9.59 Å². The number of aryl methyl sites for hydroxylation is 2. The predicted molar refractivity (Wildman–Crippen MR) is 131 cm³/mol. The minimum Gasteiger partial charge on any atom is -0.441 e. The molecule has 0 N–H and O–H groups in total. The molecule has 0 unspecified atom stereocenters. The van der Waals surface area contributed by atoms with Crippen LogP contribution in [0.2, 0.25) is 0 Å². The van der Waals surface area contributed by atoms with Crippen LogP contribution in [0.1, 0.15) is 16.9 Å². The van der Waals surface area contributed by atoms with E-state index in [4.69, 9.17) is 16.6 Å². The Hall–Kier alpha value is -3.71. The Balaban J connectivity index is 1.85. The van der Waals surface area contributed by atoms with Crippen LogP contribution in [-0.2, 0) is 9.59 Å². The predicted octanol–water partition coefficient (Wildman–Crippen LogP) is 4.71. The number of anilines is 3. The molecule has 0 bridgehead atoms. The van der Waals surface area contributed by atoms with Gasteiger partial charge in [0.2, 0.25) is 0 Å². The van der Waals surface area contributed by atoms with Gasteiger partial charge in [-0.15, -0.1) is 0 Å². The molecule has 6 nitrogen and oxygen atoms in total. The highest BCUT2D eigenvalue weighted by Crippen LogP contribution is 2.31. The van der Waals surface area contributed by atoms with Crippen LogP contribution < -0.4 is 14.7 Å². The summed E-state index contributed by atoms with van der Waals surface area (Å²) in [6.07, 6.45) is 1.48. The fourth-order valence-corrected chi connectivity index (χ4v) is 3.81. The van der Waals surface area contributed by atoms with E-state index in [0.29, 0.717) is 23.0 Å². The highest BCUT2D eigenvalue weighted by molar-refractivity contribution is 7.81. The maximum Gasteiger partial charge on any atom is 0.270 e. The molecule has 0 spiro atoms. The molecule has 2 heterocycles. The summed E-state index contributed by atoms with van der Waals surface area (Å²) in [4.78, 5) is 31.6. The first-order valence-electron chi connectivity index (χ1n) is 10.1. The molecule has 1 aromatic heterocycles. The van der Waals surface area contributed by atoms with Crippen LogP contribution in [-0.4, -0.2) is 31.0 Å². The minimum atomic E-state index is -0.492. The highest BCUT2D eigenvalue weighted by atomic mass is 32.1. The zero-order valence-electron chi connectivity index (χ0n) is 18.3. The largest absolute Gasteiger partial charge is 0.441 e. The summed E-state index contributed by atoms with van der Waals surface area (Å²) >= 11 is 5.65. The molecule has 2 aromatic carbocycles. The van der Waals surface area contributed by atoms with Gasteiger partial charge in [-0.25, -0.2) is 0 Å². The lowest BCUT2D eigenvalue weighted by molar-refractivity contribution is -0.120. The van der Waals surface area contributed by atoms with Crippen molar-refractivity contribution in [2.24, 2.45) is 0 Å². The van der Waals surface area contributed by atoms with E-state index >= 15 is 0 Å². The first kappa shape index (κ1) is 21.5. The number of hydrogen-bond acceptors (Lipinski definition) is 5. The fourth-order valence-electron chi connectivity index (χ4n) is 3.43. The molecule has 1 aliphatic heterocycles. The lowest BCUT2D eigenvalue weighted by Gasteiger charge is -2.36. The van der Waals surface area contributed by atoms with Crippen molar-refractivity contribution in [2.45, 2.75) is 13.8 Å². The summed E-state index contributed by atoms with van der Waals surface area (Å²) in [6, 6.07) is 18.2. The van der Waals surface area contributed by atoms with Crippen LogP contribution >= 0.6 is 12.2 Å². The number of carbonyl (C=O) groups is 2. The molecule has 0 atom stereocenters. The van der Waals surface area contributed by atoms with Crippen molar-refractivity contribution in [1.29, 1.82) is 0 Å². The van der Waals surface area contributed by atoms with Crippen molar-refractivity contribution in [3.8, 4) is 0 Å². The van der Waals surface area contributed by atoms with Gasteiger partial charge in [-0.1, -0.05) is 24.3 Å². The Morgan fingerprint density at radius 2 is 1.50 bits per heavy atom. The van der Waals surface area contributed by atoms with Crippen molar-refractivity contribution in [3.63, 3.8) is 0 Å². The van der Waals surface area contributed by atoms with Crippen LogP contribution in [0.5, 0.6) is 0 Å². The standard InChI is InChI=1S/C25H23N3O3S/c1-16-10-11-19(14-17(16)2)28-24(30)21(15-20-12-13-22(31-20)26(3)4)23(29)27(25(28)32)18-8-6-5-7-9-18/h5-15H,1-4H3/b21-15+. The average Bonchev–Trinajstić information content (AvgIpc) is 3.24. The van der Waals surface area contributed by atoms with Gasteiger partial charge in [0.1, 0.15) is 11.3 Å². The number of amides is 2. The van der Waals surface area contributed by atoms with E-state index in [-0.39, 0.29) is 10.7 Å². The third-order valence-corrected chi connectivity index (χ3v) is 5.72. The SMILES string of the molecule is Cc1ccc(N2C(=O)/C(=C/c3ccc(N(C)C)o3)C(=O)N(c3ccccc3)C2=S)cc1C. The normalized spacial score (nSPS) is 15.6. The van der Waals surface area contributed by atoms with Crippen LogP contribution in [0.4, 0.5) is 17.3 Å². The number of furan rings is 1. The molecule has 1 saturated heterocycles. The zero-order chi connectivity index (χ0) is 23.0. The Morgan fingerprint density at radius 3 is 2.09 bits per heavy atom. The van der Waals surface area contributed by atoms with Crippen LogP contribution in [0, 0.1) is 13.8 Å². The Kier molecular flexibility index (Phi) is 5.67. The maximum absolute atomic E-state index is 13.5. The molecule has 0 saturated carbocycles. The van der Waals surface area contributed by atoms with Gasteiger partial charge in [0.05, 0.1) is 11.4 Å². The fraction of sp³-hybridized carbons (Fsp3) is 0.160. The first-order valence-corrected chi connectivity index (χ1v) is 10.5. The van der Waals surface area contributed by atoms with Crippen molar-refractivity contribution >= 4 is 52.5 Å². The zero-order valence-corrected chi connectivity index (χ0v) is 19.1. The highest BCUT2D eigenvalue weighted by Gasteiger charge is 2.41. The number of hydrogen-bond donors (Lipinski definition) is 0. The molecular formula is C25H23N3O3S. The van der Waals surface area contributed by atoms with Crippen molar-refractivity contribution in [1.82, 2.24) is 0 Å². The number of rotatable bonds is 4. The van der Waals surface area contributed by atoms with E-state index < -0.39 is 11.8 Å². The second kappa shape index (κ2) is 8.43. The number of carbonyl (C=O) groups excluding carboxylic acids is 2. The number of nitrogens with zero attached hydrogens (tertiary/aromatic N) is 3. The molecule has 0 aliphatic carbocycles. The van der Waals surface area contributed by atoms with Gasteiger partial charge >= 0.3 is 0 Å². The van der Waals surface area contributed by atoms with Crippen molar-refractivity contribution in [3.05, 3.63) is 83.1 Å². The lowest BCUT2D eigenvalue weighted by atomic mass is 10.1. The Morgan fingerprint density at radius 1 is 0.844 bits per heavy atom. The average molecular weight is 446 g/mol. The van der Waals surface area contributed by atoms with Crippen LogP contribution in [0.15, 0.2) is 70.7 Å². The van der Waals surface area contributed by atoms with E-state index in [0.717, 1.165) is 11.1 Å². The molecule has 1 aliphatic rings. The molecular weight excluding hydrogens is 422 g/mol. The summed E-state index contributed by atoms with van der Waals surface area (Å²) in [5.41, 5.74) is 3.29. The monoisotopic (exact) mass is 445 g/mol. The van der Waals surface area contributed by atoms with Gasteiger partial charge in [0.25, 0.3) is 11.8 Å². The smallest absolute Gasteiger partial charge is 0.270 e. The van der Waals surface area contributed by atoms with Crippen molar-refractivity contribution in [2.75, 3.05) is 28.8 Å². The van der Waals surface area contributed by atoms with Crippen molar-refractivity contribution < 1.29 is 14.0 Å². The van der Waals surface area contributed by atoms with Crippen LogP contribution in [0.3, 0.4) is 0 Å². The lowest BCUT2D eigenvalue weighted by Crippen LogP contribution is -2.57. The molecule has 162 valence electrons. The second-order valence-corrected chi connectivity index (χ2v) is 8.16. The maximum atomic E-state index is 13.5. The molecule has 2 amide bonds. The van der Waals surface area contributed by atoms with E-state index in [1.165, 1.54) is 15.9 Å². The molecule has 32 heavy (non-hydrogen) atoms. The van der Waals surface area contributed by atoms with E-state index in [1.807, 2.05) is 64.3 Å². The third kappa shape index (κ3) is 3.83. The summed E-state index contributed by atoms with van der Waals surface area (Å²) in [5, 5.41) is 0.111. The summed E-state index contributed by atoms with van der Waals surface area (Å²) < 4.78 is 5.76. The topological polar surface area (TPSA) is 57.0 Å². The van der Waals surface area contributed by atoms with Gasteiger partial charge < -0.3 is 9.32 Å². The molecule has 1 fully saturated rings. The molecule has 4 rings (SSSR count). The summed E-state index contributed by atoms with van der Waals surface area (Å²) in [5.74, 6) is 0.0487. The second-order valence-electron chi connectivity index (χ2n) is 7.80. The number of thiocarbonyl (C=S) groups is 1. The van der Waals surface area contributed by atoms with Gasteiger partial charge in [0.15, 0.2) is 11.0 Å². The Bertz CT molecular complexity index is 1240. The van der Waals surface area contributed by atoms with Gasteiger partial charge in [-0.3, -0.25) is 19.4 Å². The molecule has 3 aromatic rings. The quantitative estimate of drug-likeness (QED) is 0.331. The summed E-state index contributed by atoms with van der Waals surface area (Å²) in [6.45, 7) is 3.97. The minimum absolute atomic E-state index is 0.0275. The first-order chi connectivity index (χ1) is 15.3. The van der Waals surface area contributed by atoms with E-state index in [1.54, 1.807) is 29.2 Å². The number of benzene rings is 2. The molecule has 7 heteroatoms. The van der Waals surface area contributed by atoms with Gasteiger partial charge in [-0.2, -0.15) is 0 Å². The summed E-state index contributed by atoms with van der Waals surface area (Å²) in [7, 11) is 3.70. The van der Waals surface area contributed by atoms with E-state index in [2.05, 4.69) is 0 Å². The Labute approximate surface area is 192 Å². The molecule has 0 radical (unpaired) electrons. The van der Waals surface area contributed by atoms with Gasteiger partial charge in [0, 0.05) is 20.2 Å². The van der Waals surface area contributed by atoms with Crippen LogP contribution in [0.25, 0.3) is 6.08 Å². The third-order valence-electron chi connectivity index (χ3n) is 5.35. The number of para-hydroxylation sites is 1.